The fourth-order valence-electron chi connectivity index (χ4n) is 1.47. The quantitative estimate of drug-likeness (QED) is 0.843. The average molecular weight is 335 g/mol. The second-order valence-electron chi connectivity index (χ2n) is 3.92. The Hall–Kier alpha value is -1.50. The van der Waals surface area contributed by atoms with E-state index < -0.39 is 15.8 Å². The summed E-state index contributed by atoms with van der Waals surface area (Å²) in [5.74, 6) is -0.733. The first-order valence-corrected chi connectivity index (χ1v) is 7.56. The highest BCUT2D eigenvalue weighted by Gasteiger charge is 2.17. The van der Waals surface area contributed by atoms with Gasteiger partial charge in [-0.3, -0.25) is 4.72 Å². The van der Waals surface area contributed by atoms with Crippen molar-refractivity contribution < 1.29 is 12.8 Å². The zero-order valence-corrected chi connectivity index (χ0v) is 12.2. The third-order valence-corrected chi connectivity index (χ3v) is 4.54. The highest BCUT2D eigenvalue weighted by Crippen LogP contribution is 2.27. The fourth-order valence-corrected chi connectivity index (χ4v) is 2.92. The van der Waals surface area contributed by atoms with Crippen LogP contribution in [0.3, 0.4) is 0 Å². The summed E-state index contributed by atoms with van der Waals surface area (Å²) in [7, 11) is -3.98. The van der Waals surface area contributed by atoms with E-state index in [1.54, 1.807) is 0 Å². The Balaban J connectivity index is 2.40. The van der Waals surface area contributed by atoms with Gasteiger partial charge >= 0.3 is 0 Å². The maximum Gasteiger partial charge on any atom is 0.262 e. The zero-order valence-electron chi connectivity index (χ0n) is 9.90. The summed E-state index contributed by atoms with van der Waals surface area (Å²) in [4.78, 5) is -0.131. The molecule has 0 unspecified atom stereocenters. The van der Waals surface area contributed by atoms with Crippen molar-refractivity contribution in [3.05, 3.63) is 52.3 Å². The van der Waals surface area contributed by atoms with E-state index in [2.05, 4.69) is 4.72 Å². The van der Waals surface area contributed by atoms with Gasteiger partial charge in [0.05, 0.1) is 20.6 Å². The number of hydrogen-bond acceptors (Lipinski definition) is 3. The third kappa shape index (κ3) is 3.15. The average Bonchev–Trinajstić information content (AvgIpc) is 2.36. The van der Waals surface area contributed by atoms with Crippen LogP contribution in [-0.4, -0.2) is 8.42 Å². The van der Waals surface area contributed by atoms with Crippen molar-refractivity contribution >= 4 is 44.6 Å². The van der Waals surface area contributed by atoms with E-state index in [4.69, 9.17) is 28.9 Å². The van der Waals surface area contributed by atoms with E-state index in [1.165, 1.54) is 30.3 Å². The van der Waals surface area contributed by atoms with Gasteiger partial charge in [-0.25, -0.2) is 12.8 Å². The molecule has 0 saturated heterocycles. The molecule has 0 aromatic heterocycles. The highest BCUT2D eigenvalue weighted by atomic mass is 35.5. The lowest BCUT2D eigenvalue weighted by atomic mass is 10.3. The standard InChI is InChI=1S/C12H9Cl2FN2O2S/c13-9-3-2-8(6-10(9)14)20(18,19)17-12-5-7(16)1-4-11(12)15/h1-6,17H,16H2. The van der Waals surface area contributed by atoms with Gasteiger partial charge < -0.3 is 5.73 Å². The van der Waals surface area contributed by atoms with Crippen LogP contribution in [0.25, 0.3) is 0 Å². The van der Waals surface area contributed by atoms with Crippen LogP contribution in [0.4, 0.5) is 15.8 Å². The Morgan fingerprint density at radius 3 is 2.40 bits per heavy atom. The second-order valence-corrected chi connectivity index (χ2v) is 6.42. The van der Waals surface area contributed by atoms with Gasteiger partial charge in [0.1, 0.15) is 5.82 Å². The van der Waals surface area contributed by atoms with E-state index in [-0.39, 0.29) is 26.3 Å². The molecule has 0 radical (unpaired) electrons. The summed E-state index contributed by atoms with van der Waals surface area (Å²) in [5, 5.41) is 0.309. The molecule has 8 heteroatoms. The van der Waals surface area contributed by atoms with Crippen LogP contribution < -0.4 is 10.5 Å². The topological polar surface area (TPSA) is 72.2 Å². The van der Waals surface area contributed by atoms with E-state index in [0.29, 0.717) is 0 Å². The SMILES string of the molecule is Nc1ccc(F)c(NS(=O)(=O)c2ccc(Cl)c(Cl)c2)c1. The molecule has 0 saturated carbocycles. The van der Waals surface area contributed by atoms with E-state index in [1.807, 2.05) is 0 Å². The first kappa shape index (κ1) is 14.9. The molecule has 0 heterocycles. The third-order valence-electron chi connectivity index (χ3n) is 2.44. The first-order chi connectivity index (χ1) is 9.29. The number of hydrogen-bond donors (Lipinski definition) is 2. The summed E-state index contributed by atoms with van der Waals surface area (Å²) in [6.45, 7) is 0. The number of rotatable bonds is 3. The fraction of sp³-hybridized carbons (Fsp3) is 0. The van der Waals surface area contributed by atoms with E-state index >= 15 is 0 Å². The predicted molar refractivity (Wildman–Crippen MR) is 78.1 cm³/mol. The van der Waals surface area contributed by atoms with Gasteiger partial charge in [0.15, 0.2) is 0 Å². The van der Waals surface area contributed by atoms with Gasteiger partial charge in [-0.2, -0.15) is 0 Å². The molecule has 20 heavy (non-hydrogen) atoms. The van der Waals surface area contributed by atoms with Crippen LogP contribution in [0.5, 0.6) is 0 Å². The number of benzene rings is 2. The van der Waals surface area contributed by atoms with Crippen molar-refractivity contribution in [2.24, 2.45) is 0 Å². The lowest BCUT2D eigenvalue weighted by Gasteiger charge is -2.10. The van der Waals surface area contributed by atoms with Gasteiger partial charge in [0.2, 0.25) is 0 Å². The minimum absolute atomic E-state index is 0.0857. The smallest absolute Gasteiger partial charge is 0.262 e. The molecule has 2 rings (SSSR count). The van der Waals surface area contributed by atoms with Crippen LogP contribution in [0.1, 0.15) is 0 Å². The van der Waals surface area contributed by atoms with Crippen LogP contribution in [0, 0.1) is 5.82 Å². The van der Waals surface area contributed by atoms with Gasteiger partial charge in [0.25, 0.3) is 10.0 Å². The predicted octanol–water partition coefficient (Wildman–Crippen LogP) is 3.52. The zero-order chi connectivity index (χ0) is 14.9. The molecule has 2 aromatic carbocycles. The van der Waals surface area contributed by atoms with Crippen LogP contribution in [0.2, 0.25) is 10.0 Å². The lowest BCUT2D eigenvalue weighted by Crippen LogP contribution is -2.14. The summed E-state index contributed by atoms with van der Waals surface area (Å²) in [6.07, 6.45) is 0. The van der Waals surface area contributed by atoms with E-state index in [0.717, 1.165) is 6.07 Å². The molecule has 2 aromatic rings. The minimum Gasteiger partial charge on any atom is -0.399 e. The van der Waals surface area contributed by atoms with Crippen molar-refractivity contribution in [3.63, 3.8) is 0 Å². The Labute approximate surface area is 125 Å². The summed E-state index contributed by atoms with van der Waals surface area (Å²) < 4.78 is 39.9. The largest absolute Gasteiger partial charge is 0.399 e. The molecule has 0 aliphatic heterocycles. The Morgan fingerprint density at radius 2 is 1.75 bits per heavy atom. The van der Waals surface area contributed by atoms with Crippen LogP contribution in [0.15, 0.2) is 41.3 Å². The van der Waals surface area contributed by atoms with Gasteiger partial charge in [-0.15, -0.1) is 0 Å². The van der Waals surface area contributed by atoms with Crippen molar-refractivity contribution in [1.29, 1.82) is 0 Å². The monoisotopic (exact) mass is 334 g/mol. The van der Waals surface area contributed by atoms with Gasteiger partial charge in [0, 0.05) is 5.69 Å². The van der Waals surface area contributed by atoms with Crippen molar-refractivity contribution in [2.75, 3.05) is 10.5 Å². The number of nitrogens with two attached hydrogens (primary N) is 1. The number of sulfonamides is 1. The molecule has 0 aliphatic carbocycles. The molecule has 0 fully saturated rings. The van der Waals surface area contributed by atoms with Crippen molar-refractivity contribution in [3.8, 4) is 0 Å². The molecule has 0 spiro atoms. The molecule has 0 aliphatic rings. The number of nitrogen functional groups attached to an aromatic ring is 1. The minimum atomic E-state index is -3.98. The lowest BCUT2D eigenvalue weighted by molar-refractivity contribution is 0.598. The van der Waals surface area contributed by atoms with E-state index in [9.17, 15) is 12.8 Å². The Bertz CT molecular complexity index is 766. The molecule has 3 N–H and O–H groups in total. The number of anilines is 2. The maximum absolute atomic E-state index is 13.5. The molecule has 0 bridgehead atoms. The second kappa shape index (κ2) is 5.47. The van der Waals surface area contributed by atoms with Crippen molar-refractivity contribution in [1.82, 2.24) is 0 Å². The summed E-state index contributed by atoms with van der Waals surface area (Å²) in [6, 6.07) is 7.37. The molecule has 106 valence electrons. The first-order valence-electron chi connectivity index (χ1n) is 5.32. The van der Waals surface area contributed by atoms with Crippen molar-refractivity contribution in [2.45, 2.75) is 4.90 Å². The molecular weight excluding hydrogens is 326 g/mol. The van der Waals surface area contributed by atoms with Crippen LogP contribution >= 0.6 is 23.2 Å². The van der Waals surface area contributed by atoms with Gasteiger partial charge in [-0.1, -0.05) is 23.2 Å². The summed E-state index contributed by atoms with van der Waals surface area (Å²) in [5.41, 5.74) is 5.48. The number of halogens is 3. The number of nitrogens with one attached hydrogen (secondary N) is 1. The van der Waals surface area contributed by atoms with Gasteiger partial charge in [-0.05, 0) is 36.4 Å². The molecule has 4 nitrogen and oxygen atoms in total. The Morgan fingerprint density at radius 1 is 1.05 bits per heavy atom. The molecular formula is C12H9Cl2FN2O2S. The Kier molecular flexibility index (Phi) is 4.08. The summed E-state index contributed by atoms with van der Waals surface area (Å²) >= 11 is 11.5. The molecule has 0 amide bonds. The maximum atomic E-state index is 13.5. The highest BCUT2D eigenvalue weighted by molar-refractivity contribution is 7.92. The molecule has 0 atom stereocenters. The van der Waals surface area contributed by atoms with Crippen LogP contribution in [-0.2, 0) is 10.0 Å². The normalized spacial score (nSPS) is 11.3.